The third kappa shape index (κ3) is 4.09. The number of amides is 1. The van der Waals surface area contributed by atoms with Crippen LogP contribution in [0.4, 0.5) is 5.69 Å². The number of anilines is 1. The molecular formula is C22H22BrN3O2. The lowest BCUT2D eigenvalue weighted by Crippen LogP contribution is -2.48. The number of halogens is 1. The van der Waals surface area contributed by atoms with Crippen LogP contribution < -0.4 is 5.32 Å². The van der Waals surface area contributed by atoms with Crippen molar-refractivity contribution in [3.05, 3.63) is 70.8 Å². The van der Waals surface area contributed by atoms with Crippen LogP contribution in [0.2, 0.25) is 0 Å². The maximum Gasteiger partial charge on any atom is 0.241 e. The highest BCUT2D eigenvalue weighted by atomic mass is 79.9. The lowest BCUT2D eigenvalue weighted by molar-refractivity contribution is -0.124. The molecule has 0 spiro atoms. The Labute approximate surface area is 172 Å². The zero-order chi connectivity index (χ0) is 19.5. The van der Waals surface area contributed by atoms with E-state index in [1.54, 1.807) is 6.20 Å². The lowest BCUT2D eigenvalue weighted by Gasteiger charge is -2.36. The fourth-order valence-electron chi connectivity index (χ4n) is 3.52. The molecule has 0 radical (unpaired) electrons. The summed E-state index contributed by atoms with van der Waals surface area (Å²) in [5.41, 5.74) is 2.79. The number of aromatic nitrogens is 1. The molecule has 2 heterocycles. The molecule has 1 fully saturated rings. The molecule has 1 aliphatic rings. The summed E-state index contributed by atoms with van der Waals surface area (Å²) >= 11 is 3.46. The first-order chi connectivity index (χ1) is 13.6. The predicted octanol–water partition coefficient (Wildman–Crippen LogP) is 4.40. The van der Waals surface area contributed by atoms with Gasteiger partial charge in [-0.1, -0.05) is 34.1 Å². The van der Waals surface area contributed by atoms with Gasteiger partial charge < -0.3 is 10.1 Å². The number of carbonyl (C=O) groups excluding carboxylic acids is 1. The largest absolute Gasteiger partial charge is 0.371 e. The van der Waals surface area contributed by atoms with Crippen molar-refractivity contribution in [1.29, 1.82) is 0 Å². The number of nitrogens with one attached hydrogen (secondary N) is 1. The van der Waals surface area contributed by atoms with Crippen LogP contribution in [0.3, 0.4) is 0 Å². The molecule has 3 aromatic rings. The Bertz CT molecular complexity index is 972. The highest BCUT2D eigenvalue weighted by molar-refractivity contribution is 9.10. The summed E-state index contributed by atoms with van der Waals surface area (Å²) in [4.78, 5) is 19.5. The van der Waals surface area contributed by atoms with Crippen molar-refractivity contribution in [2.75, 3.05) is 25.0 Å². The van der Waals surface area contributed by atoms with E-state index in [0.29, 0.717) is 13.2 Å². The first-order valence-electron chi connectivity index (χ1n) is 9.37. The van der Waals surface area contributed by atoms with E-state index < -0.39 is 0 Å². The van der Waals surface area contributed by atoms with Gasteiger partial charge in [0, 0.05) is 29.1 Å². The van der Waals surface area contributed by atoms with Gasteiger partial charge in [-0.25, -0.2) is 0 Å². The van der Waals surface area contributed by atoms with Crippen molar-refractivity contribution in [2.24, 2.45) is 0 Å². The number of morpholine rings is 1. The zero-order valence-corrected chi connectivity index (χ0v) is 17.2. The molecule has 2 aromatic carbocycles. The standard InChI is InChI=1S/C22H22BrN3O2/c1-15(22(27)25-20-6-2-5-19-18(20)4-3-11-24-19)26-12-13-28-21(14-26)16-7-9-17(23)10-8-16/h2-11,15,21H,12-14H2,1H3,(H,25,27). The fourth-order valence-corrected chi connectivity index (χ4v) is 3.78. The third-order valence-corrected chi connectivity index (χ3v) is 5.70. The molecule has 5 nitrogen and oxygen atoms in total. The van der Waals surface area contributed by atoms with Gasteiger partial charge in [0.25, 0.3) is 0 Å². The molecule has 0 saturated carbocycles. The molecule has 6 heteroatoms. The molecule has 28 heavy (non-hydrogen) atoms. The Morgan fingerprint density at radius 2 is 2.04 bits per heavy atom. The maximum atomic E-state index is 12.9. The number of nitrogens with zero attached hydrogens (tertiary/aromatic N) is 2. The van der Waals surface area contributed by atoms with Crippen molar-refractivity contribution in [3.8, 4) is 0 Å². The highest BCUT2D eigenvalue weighted by Gasteiger charge is 2.29. The molecule has 0 bridgehead atoms. The first kappa shape index (κ1) is 19.1. The van der Waals surface area contributed by atoms with Gasteiger partial charge in [0.2, 0.25) is 5.91 Å². The molecule has 2 unspecified atom stereocenters. The van der Waals surface area contributed by atoms with Gasteiger partial charge in [-0.05, 0) is 48.9 Å². The number of hydrogen-bond donors (Lipinski definition) is 1. The van der Waals surface area contributed by atoms with Crippen molar-refractivity contribution in [2.45, 2.75) is 19.1 Å². The zero-order valence-electron chi connectivity index (χ0n) is 15.6. The monoisotopic (exact) mass is 439 g/mol. The Kier molecular flexibility index (Phi) is 5.71. The van der Waals surface area contributed by atoms with Crippen LogP contribution in [0, 0.1) is 0 Å². The van der Waals surface area contributed by atoms with E-state index in [-0.39, 0.29) is 18.1 Å². The molecule has 1 saturated heterocycles. The van der Waals surface area contributed by atoms with Crippen molar-refractivity contribution < 1.29 is 9.53 Å². The second-order valence-electron chi connectivity index (χ2n) is 6.95. The van der Waals surface area contributed by atoms with E-state index in [4.69, 9.17) is 4.74 Å². The second kappa shape index (κ2) is 8.39. The van der Waals surface area contributed by atoms with Gasteiger partial charge in [0.15, 0.2) is 0 Å². The number of carbonyl (C=O) groups is 1. The van der Waals surface area contributed by atoms with Crippen molar-refractivity contribution in [3.63, 3.8) is 0 Å². The predicted molar refractivity (Wildman–Crippen MR) is 114 cm³/mol. The number of ether oxygens (including phenoxy) is 1. The highest BCUT2D eigenvalue weighted by Crippen LogP contribution is 2.26. The summed E-state index contributed by atoms with van der Waals surface area (Å²) in [7, 11) is 0. The average Bonchev–Trinajstić information content (AvgIpc) is 2.74. The Hall–Kier alpha value is -2.28. The smallest absolute Gasteiger partial charge is 0.241 e. The quantitative estimate of drug-likeness (QED) is 0.654. The normalized spacial score (nSPS) is 18.7. The Morgan fingerprint density at radius 3 is 2.86 bits per heavy atom. The van der Waals surface area contributed by atoms with Crippen molar-refractivity contribution >= 4 is 38.4 Å². The van der Waals surface area contributed by atoms with Gasteiger partial charge in [0.05, 0.1) is 30.0 Å². The molecule has 4 rings (SSSR count). The molecule has 1 amide bonds. The number of benzene rings is 2. The van der Waals surface area contributed by atoms with E-state index in [9.17, 15) is 4.79 Å². The summed E-state index contributed by atoms with van der Waals surface area (Å²) in [5.74, 6) is -0.0205. The van der Waals surface area contributed by atoms with Gasteiger partial charge in [-0.15, -0.1) is 0 Å². The van der Waals surface area contributed by atoms with E-state index >= 15 is 0 Å². The number of hydrogen-bond acceptors (Lipinski definition) is 4. The molecule has 1 aliphatic heterocycles. The molecule has 0 aliphatic carbocycles. The molecule has 144 valence electrons. The summed E-state index contributed by atoms with van der Waals surface area (Å²) in [6.45, 7) is 3.98. The van der Waals surface area contributed by atoms with Crippen LogP contribution >= 0.6 is 15.9 Å². The molecule has 2 atom stereocenters. The number of fused-ring (bicyclic) bond motifs is 1. The number of pyridine rings is 1. The Morgan fingerprint density at radius 1 is 1.21 bits per heavy atom. The summed E-state index contributed by atoms with van der Waals surface area (Å²) in [5, 5.41) is 4.02. The minimum absolute atomic E-state index is 0.0205. The van der Waals surface area contributed by atoms with Gasteiger partial charge in [-0.2, -0.15) is 0 Å². The maximum absolute atomic E-state index is 12.9. The lowest BCUT2D eigenvalue weighted by atomic mass is 10.1. The third-order valence-electron chi connectivity index (χ3n) is 5.17. The van der Waals surface area contributed by atoms with E-state index in [2.05, 4.69) is 43.3 Å². The topological polar surface area (TPSA) is 54.5 Å². The van der Waals surface area contributed by atoms with Crippen LogP contribution in [0.5, 0.6) is 0 Å². The van der Waals surface area contributed by atoms with Gasteiger partial charge in [-0.3, -0.25) is 14.7 Å². The van der Waals surface area contributed by atoms with Crippen molar-refractivity contribution in [1.82, 2.24) is 9.88 Å². The second-order valence-corrected chi connectivity index (χ2v) is 7.86. The molecule has 1 aromatic heterocycles. The summed E-state index contributed by atoms with van der Waals surface area (Å²) in [6.07, 6.45) is 1.73. The first-order valence-corrected chi connectivity index (χ1v) is 10.2. The SMILES string of the molecule is CC(C(=O)Nc1cccc2ncccc12)N1CCOC(c2ccc(Br)cc2)C1. The van der Waals surface area contributed by atoms with E-state index in [1.807, 2.05) is 49.4 Å². The average molecular weight is 440 g/mol. The van der Waals surface area contributed by atoms with E-state index in [1.165, 1.54) is 0 Å². The van der Waals surface area contributed by atoms with Crippen LogP contribution in [-0.4, -0.2) is 41.5 Å². The Balaban J connectivity index is 1.46. The van der Waals surface area contributed by atoms with Crippen LogP contribution in [-0.2, 0) is 9.53 Å². The van der Waals surface area contributed by atoms with Gasteiger partial charge in [0.1, 0.15) is 0 Å². The minimum atomic E-state index is -0.256. The van der Waals surface area contributed by atoms with Crippen LogP contribution in [0.15, 0.2) is 65.3 Å². The summed E-state index contributed by atoms with van der Waals surface area (Å²) < 4.78 is 6.99. The van der Waals surface area contributed by atoms with Crippen LogP contribution in [0.25, 0.3) is 10.9 Å². The molecule has 1 N–H and O–H groups in total. The van der Waals surface area contributed by atoms with Gasteiger partial charge >= 0.3 is 0 Å². The number of rotatable bonds is 4. The van der Waals surface area contributed by atoms with Crippen LogP contribution in [0.1, 0.15) is 18.6 Å². The van der Waals surface area contributed by atoms with E-state index in [0.717, 1.165) is 33.2 Å². The molecular weight excluding hydrogens is 418 g/mol. The fraction of sp³-hybridized carbons (Fsp3) is 0.273. The minimum Gasteiger partial charge on any atom is -0.371 e. The summed E-state index contributed by atoms with van der Waals surface area (Å²) in [6, 6.07) is 17.5.